The lowest BCUT2D eigenvalue weighted by Gasteiger charge is -2.36. The van der Waals surface area contributed by atoms with Crippen molar-refractivity contribution in [3.8, 4) is 0 Å². The van der Waals surface area contributed by atoms with Crippen molar-refractivity contribution in [3.63, 3.8) is 0 Å². The van der Waals surface area contributed by atoms with Crippen molar-refractivity contribution in [1.82, 2.24) is 15.1 Å². The average molecular weight is 291 g/mol. The molecule has 0 bridgehead atoms. The topological polar surface area (TPSA) is 52.7 Å². The Bertz CT molecular complexity index is 441. The fourth-order valence-corrected chi connectivity index (χ4v) is 4.39. The van der Waals surface area contributed by atoms with Crippen LogP contribution in [0.4, 0.5) is 0 Å². The molecule has 1 N–H and O–H groups in total. The molecule has 5 heteroatoms. The number of rotatable bonds is 2. The third-order valence-electron chi connectivity index (χ3n) is 5.84. The Morgan fingerprint density at radius 3 is 2.19 bits per heavy atom. The maximum Gasteiger partial charge on any atom is 0.240 e. The lowest BCUT2D eigenvalue weighted by Crippen LogP contribution is -2.55. The van der Waals surface area contributed by atoms with Crippen LogP contribution in [-0.2, 0) is 9.59 Å². The van der Waals surface area contributed by atoms with Crippen LogP contribution in [0, 0.1) is 17.8 Å². The first-order chi connectivity index (χ1) is 10.2. The average Bonchev–Trinajstić information content (AvgIpc) is 3.12. The second-order valence-electron chi connectivity index (χ2n) is 7.17. The van der Waals surface area contributed by atoms with E-state index in [1.165, 1.54) is 19.3 Å². The Labute approximate surface area is 126 Å². The summed E-state index contributed by atoms with van der Waals surface area (Å²) in [7, 11) is 0. The number of nitrogens with zero attached hydrogens (tertiary/aromatic N) is 2. The number of carbonyl (C=O) groups excluding carboxylic acids is 2. The van der Waals surface area contributed by atoms with Gasteiger partial charge in [-0.25, -0.2) is 0 Å². The van der Waals surface area contributed by atoms with E-state index in [2.05, 4.69) is 5.32 Å². The van der Waals surface area contributed by atoms with E-state index >= 15 is 0 Å². The molecule has 0 aromatic heterocycles. The highest BCUT2D eigenvalue weighted by atomic mass is 16.2. The minimum Gasteiger partial charge on any atom is -0.339 e. The molecule has 2 amide bonds. The molecule has 0 radical (unpaired) electrons. The molecular formula is C16H25N3O2. The Hall–Kier alpha value is -1.10. The Morgan fingerprint density at radius 1 is 0.857 bits per heavy atom. The van der Waals surface area contributed by atoms with Gasteiger partial charge in [0.25, 0.3) is 0 Å². The molecule has 3 atom stereocenters. The van der Waals surface area contributed by atoms with Gasteiger partial charge < -0.3 is 15.1 Å². The van der Waals surface area contributed by atoms with E-state index in [0.29, 0.717) is 30.8 Å². The fourth-order valence-electron chi connectivity index (χ4n) is 4.39. The lowest BCUT2D eigenvalue weighted by molar-refractivity contribution is -0.141. The van der Waals surface area contributed by atoms with Gasteiger partial charge in [0, 0.05) is 32.1 Å². The van der Waals surface area contributed by atoms with Crippen molar-refractivity contribution >= 4 is 11.8 Å². The zero-order chi connectivity index (χ0) is 14.4. The number of hydrogen-bond acceptors (Lipinski definition) is 3. The third-order valence-corrected chi connectivity index (χ3v) is 5.84. The fraction of sp³-hybridized carbons (Fsp3) is 0.875. The van der Waals surface area contributed by atoms with Gasteiger partial charge >= 0.3 is 0 Å². The number of fused-ring (bicyclic) bond motifs is 1. The Morgan fingerprint density at radius 2 is 1.52 bits per heavy atom. The largest absolute Gasteiger partial charge is 0.339 e. The maximum atomic E-state index is 12.7. The molecule has 4 fully saturated rings. The molecule has 2 heterocycles. The van der Waals surface area contributed by atoms with E-state index in [0.717, 1.165) is 38.4 Å². The van der Waals surface area contributed by atoms with E-state index in [1.807, 2.05) is 9.80 Å². The van der Waals surface area contributed by atoms with Crippen LogP contribution in [0.3, 0.4) is 0 Å². The normalized spacial score (nSPS) is 35.9. The van der Waals surface area contributed by atoms with Gasteiger partial charge in [-0.3, -0.25) is 9.59 Å². The van der Waals surface area contributed by atoms with Gasteiger partial charge in [-0.15, -0.1) is 0 Å². The van der Waals surface area contributed by atoms with Crippen molar-refractivity contribution in [2.75, 3.05) is 32.7 Å². The molecule has 5 nitrogen and oxygen atoms in total. The summed E-state index contributed by atoms with van der Waals surface area (Å²) in [4.78, 5) is 28.7. The first-order valence-electron chi connectivity index (χ1n) is 8.55. The monoisotopic (exact) mass is 291 g/mol. The maximum absolute atomic E-state index is 12.7. The minimum atomic E-state index is 0.0446. The van der Waals surface area contributed by atoms with E-state index in [1.54, 1.807) is 0 Å². The molecule has 2 aliphatic heterocycles. The molecule has 0 aromatic rings. The summed E-state index contributed by atoms with van der Waals surface area (Å²) in [6.45, 7) is 3.89. The van der Waals surface area contributed by atoms with Crippen LogP contribution in [0.15, 0.2) is 0 Å². The van der Waals surface area contributed by atoms with Gasteiger partial charge in [0.05, 0.1) is 6.04 Å². The summed E-state index contributed by atoms with van der Waals surface area (Å²) in [6, 6.07) is 0.0446. The van der Waals surface area contributed by atoms with Crippen molar-refractivity contribution in [1.29, 1.82) is 0 Å². The van der Waals surface area contributed by atoms with Gasteiger partial charge in [-0.05, 0) is 44.1 Å². The zero-order valence-corrected chi connectivity index (χ0v) is 12.6. The van der Waals surface area contributed by atoms with Crippen molar-refractivity contribution in [3.05, 3.63) is 0 Å². The van der Waals surface area contributed by atoms with E-state index in [-0.39, 0.29) is 11.9 Å². The van der Waals surface area contributed by atoms with Crippen LogP contribution in [0.25, 0.3) is 0 Å². The summed E-state index contributed by atoms with van der Waals surface area (Å²) in [5.74, 6) is 2.17. The lowest BCUT2D eigenvalue weighted by atomic mass is 9.93. The summed E-state index contributed by atoms with van der Waals surface area (Å²) in [5.41, 5.74) is 0. The van der Waals surface area contributed by atoms with Gasteiger partial charge in [-0.1, -0.05) is 6.42 Å². The van der Waals surface area contributed by atoms with Crippen LogP contribution < -0.4 is 5.32 Å². The van der Waals surface area contributed by atoms with Crippen molar-refractivity contribution in [2.24, 2.45) is 17.8 Å². The highest BCUT2D eigenvalue weighted by molar-refractivity contribution is 5.84. The zero-order valence-electron chi connectivity index (χ0n) is 12.6. The Kier molecular flexibility index (Phi) is 3.40. The Balaban J connectivity index is 1.33. The predicted octanol–water partition coefficient (Wildman–Crippen LogP) is 0.455. The predicted molar refractivity (Wildman–Crippen MR) is 78.5 cm³/mol. The van der Waals surface area contributed by atoms with Gasteiger partial charge in [0.2, 0.25) is 11.8 Å². The van der Waals surface area contributed by atoms with Crippen molar-refractivity contribution < 1.29 is 9.59 Å². The molecule has 2 saturated carbocycles. The number of piperazine rings is 1. The smallest absolute Gasteiger partial charge is 0.240 e. The van der Waals surface area contributed by atoms with Crippen molar-refractivity contribution in [2.45, 2.75) is 38.1 Å². The first-order valence-corrected chi connectivity index (χ1v) is 8.55. The molecule has 4 rings (SSSR count). The molecule has 116 valence electrons. The molecule has 2 aliphatic carbocycles. The second kappa shape index (κ2) is 5.27. The van der Waals surface area contributed by atoms with Crippen LogP contribution >= 0.6 is 0 Å². The van der Waals surface area contributed by atoms with E-state index in [4.69, 9.17) is 0 Å². The molecule has 3 unspecified atom stereocenters. The molecular weight excluding hydrogens is 266 g/mol. The minimum absolute atomic E-state index is 0.0446. The molecule has 2 saturated heterocycles. The summed E-state index contributed by atoms with van der Waals surface area (Å²) in [6.07, 6.45) is 5.89. The quantitative estimate of drug-likeness (QED) is 0.804. The number of hydrogen-bond donors (Lipinski definition) is 1. The molecule has 21 heavy (non-hydrogen) atoms. The van der Waals surface area contributed by atoms with Gasteiger partial charge in [0.15, 0.2) is 0 Å². The molecule has 0 aromatic carbocycles. The van der Waals surface area contributed by atoms with E-state index < -0.39 is 0 Å². The number of amides is 2. The summed E-state index contributed by atoms with van der Waals surface area (Å²) < 4.78 is 0. The van der Waals surface area contributed by atoms with Gasteiger partial charge in [0.1, 0.15) is 0 Å². The van der Waals surface area contributed by atoms with Crippen LogP contribution in [-0.4, -0.2) is 60.4 Å². The number of carbonyl (C=O) groups is 2. The van der Waals surface area contributed by atoms with E-state index in [9.17, 15) is 9.59 Å². The summed E-state index contributed by atoms with van der Waals surface area (Å²) in [5, 5.41) is 3.45. The molecule has 4 aliphatic rings. The second-order valence-corrected chi connectivity index (χ2v) is 7.17. The third kappa shape index (κ3) is 2.45. The highest BCUT2D eigenvalue weighted by Gasteiger charge is 2.44. The van der Waals surface area contributed by atoms with Crippen LogP contribution in [0.2, 0.25) is 0 Å². The van der Waals surface area contributed by atoms with Crippen LogP contribution in [0.1, 0.15) is 32.1 Å². The van der Waals surface area contributed by atoms with Crippen LogP contribution in [0.5, 0.6) is 0 Å². The van der Waals surface area contributed by atoms with Gasteiger partial charge in [-0.2, -0.15) is 0 Å². The molecule has 0 spiro atoms. The first kappa shape index (κ1) is 13.6. The highest BCUT2D eigenvalue weighted by Crippen LogP contribution is 2.38. The summed E-state index contributed by atoms with van der Waals surface area (Å²) >= 11 is 0. The standard InChI is InChI=1S/C16H25N3O2/c20-15(11-4-5-11)18-6-8-19(9-7-18)16(21)14-13-3-1-2-12(13)10-17-14/h11-14,17H,1-10H2. The number of nitrogens with one attached hydrogen (secondary N) is 1. The SMILES string of the molecule is O=C(C1CC1)N1CCN(C(=O)C2NCC3CCCC32)CC1.